The number of nitrogens with one attached hydrogen (secondary N) is 1. The summed E-state index contributed by atoms with van der Waals surface area (Å²) in [4.78, 5) is 10.7. The number of anilines is 1. The molecule has 0 saturated carbocycles. The van der Waals surface area contributed by atoms with Crippen molar-refractivity contribution < 1.29 is 9.18 Å². The number of benzene rings is 1. The molecule has 1 amide bonds. The Morgan fingerprint density at radius 1 is 1.67 bits per heavy atom. The van der Waals surface area contributed by atoms with E-state index in [1.54, 1.807) is 0 Å². The van der Waals surface area contributed by atoms with Crippen molar-refractivity contribution in [2.75, 3.05) is 5.32 Å². The second kappa shape index (κ2) is 4.76. The minimum atomic E-state index is -0.653. The molecule has 0 aliphatic heterocycles. The zero-order valence-corrected chi connectivity index (χ0v) is 8.73. The molecule has 0 heterocycles. The second-order valence-corrected chi connectivity index (χ2v) is 3.31. The third kappa shape index (κ3) is 2.67. The average Bonchev–Trinajstić information content (AvgIpc) is 2.16. The molecule has 0 aliphatic carbocycles. The molecule has 3 nitrogen and oxygen atoms in total. The summed E-state index contributed by atoms with van der Waals surface area (Å²) in [6, 6.07) is 4.62. The molecule has 1 aromatic carbocycles. The van der Waals surface area contributed by atoms with Crippen LogP contribution in [0.25, 0.3) is 0 Å². The summed E-state index contributed by atoms with van der Waals surface area (Å²) in [6.45, 7) is 1.28. The standard InChI is InChI=1S/C10H8ClFN2O/c1-6(15)14-9-3-2-8(11)7(4-5-13)10(9)12/h2-3H,4H2,1H3,(H,14,15). The van der Waals surface area contributed by atoms with Crippen LogP contribution in [0.4, 0.5) is 10.1 Å². The predicted molar refractivity (Wildman–Crippen MR) is 55.0 cm³/mol. The van der Waals surface area contributed by atoms with E-state index in [1.165, 1.54) is 19.1 Å². The molecule has 0 saturated heterocycles. The summed E-state index contributed by atoms with van der Waals surface area (Å²) < 4.78 is 13.6. The lowest BCUT2D eigenvalue weighted by molar-refractivity contribution is -0.114. The Morgan fingerprint density at radius 3 is 2.87 bits per heavy atom. The summed E-state index contributed by atoms with van der Waals surface area (Å²) in [7, 11) is 0. The summed E-state index contributed by atoms with van der Waals surface area (Å²) in [5, 5.41) is 11.0. The van der Waals surface area contributed by atoms with Gasteiger partial charge in [-0.2, -0.15) is 5.26 Å². The number of halogens is 2. The second-order valence-electron chi connectivity index (χ2n) is 2.90. The van der Waals surface area contributed by atoms with Crippen LogP contribution >= 0.6 is 11.6 Å². The first-order valence-electron chi connectivity index (χ1n) is 4.17. The third-order valence-corrected chi connectivity index (χ3v) is 2.11. The number of carbonyl (C=O) groups excluding carboxylic acids is 1. The van der Waals surface area contributed by atoms with Gasteiger partial charge in [0.2, 0.25) is 5.91 Å². The first-order chi connectivity index (χ1) is 7.06. The van der Waals surface area contributed by atoms with Gasteiger partial charge in [-0.15, -0.1) is 0 Å². The Bertz CT molecular complexity index is 440. The van der Waals surface area contributed by atoms with Crippen molar-refractivity contribution in [2.45, 2.75) is 13.3 Å². The Kier molecular flexibility index (Phi) is 3.64. The molecule has 15 heavy (non-hydrogen) atoms. The van der Waals surface area contributed by atoms with Gasteiger partial charge in [-0.3, -0.25) is 4.79 Å². The van der Waals surface area contributed by atoms with Gasteiger partial charge in [-0.05, 0) is 12.1 Å². The third-order valence-electron chi connectivity index (χ3n) is 1.75. The number of hydrogen-bond acceptors (Lipinski definition) is 2. The molecule has 1 rings (SSSR count). The van der Waals surface area contributed by atoms with E-state index in [1.807, 2.05) is 6.07 Å². The van der Waals surface area contributed by atoms with Crippen molar-refractivity contribution in [2.24, 2.45) is 0 Å². The predicted octanol–water partition coefficient (Wildman–Crippen LogP) is 2.50. The van der Waals surface area contributed by atoms with Crippen LogP contribution in [0.5, 0.6) is 0 Å². The molecule has 1 N–H and O–H groups in total. The number of nitrogens with zero attached hydrogens (tertiary/aromatic N) is 1. The van der Waals surface area contributed by atoms with E-state index in [0.717, 1.165) is 0 Å². The van der Waals surface area contributed by atoms with Crippen LogP contribution < -0.4 is 5.32 Å². The van der Waals surface area contributed by atoms with Crippen LogP contribution in [0.3, 0.4) is 0 Å². The first kappa shape index (κ1) is 11.5. The van der Waals surface area contributed by atoms with Gasteiger partial charge in [0.05, 0.1) is 18.2 Å². The number of nitriles is 1. The van der Waals surface area contributed by atoms with Gasteiger partial charge < -0.3 is 5.32 Å². The summed E-state index contributed by atoms with van der Waals surface area (Å²) in [5.74, 6) is -1.03. The van der Waals surface area contributed by atoms with Gasteiger partial charge in [-0.1, -0.05) is 11.6 Å². The van der Waals surface area contributed by atoms with E-state index < -0.39 is 5.82 Å². The molecular weight excluding hydrogens is 219 g/mol. The molecule has 0 unspecified atom stereocenters. The smallest absolute Gasteiger partial charge is 0.221 e. The van der Waals surface area contributed by atoms with Gasteiger partial charge in [0.15, 0.2) is 5.82 Å². The van der Waals surface area contributed by atoms with Crippen molar-refractivity contribution in [1.29, 1.82) is 5.26 Å². The molecule has 0 radical (unpaired) electrons. The molecule has 1 aromatic rings. The number of rotatable bonds is 2. The van der Waals surface area contributed by atoms with Gasteiger partial charge in [0.1, 0.15) is 0 Å². The molecule has 0 fully saturated rings. The molecule has 0 aromatic heterocycles. The summed E-state index contributed by atoms with van der Waals surface area (Å²) in [5.41, 5.74) is 0.141. The zero-order valence-electron chi connectivity index (χ0n) is 7.97. The van der Waals surface area contributed by atoms with Crippen molar-refractivity contribution in [1.82, 2.24) is 0 Å². The average molecular weight is 227 g/mol. The monoisotopic (exact) mass is 226 g/mol. The molecule has 0 spiro atoms. The van der Waals surface area contributed by atoms with Gasteiger partial charge in [0, 0.05) is 17.5 Å². The van der Waals surface area contributed by atoms with Gasteiger partial charge in [0.25, 0.3) is 0 Å². The maximum atomic E-state index is 13.6. The van der Waals surface area contributed by atoms with Gasteiger partial charge >= 0.3 is 0 Å². The number of hydrogen-bond donors (Lipinski definition) is 1. The Morgan fingerprint density at radius 2 is 2.33 bits per heavy atom. The van der Waals surface area contributed by atoms with E-state index in [-0.39, 0.29) is 28.6 Å². The molecule has 0 aliphatic rings. The molecule has 0 bridgehead atoms. The quantitative estimate of drug-likeness (QED) is 0.842. The van der Waals surface area contributed by atoms with Crippen LogP contribution in [0, 0.1) is 17.1 Å². The lowest BCUT2D eigenvalue weighted by Crippen LogP contribution is -2.08. The molecule has 5 heteroatoms. The van der Waals surface area contributed by atoms with Crippen molar-refractivity contribution in [3.8, 4) is 6.07 Å². The van der Waals surface area contributed by atoms with E-state index >= 15 is 0 Å². The topological polar surface area (TPSA) is 52.9 Å². The van der Waals surface area contributed by atoms with Crippen LogP contribution in [0.2, 0.25) is 5.02 Å². The molecule has 78 valence electrons. The Hall–Kier alpha value is -1.60. The van der Waals surface area contributed by atoms with E-state index in [4.69, 9.17) is 16.9 Å². The highest BCUT2D eigenvalue weighted by atomic mass is 35.5. The fourth-order valence-electron chi connectivity index (χ4n) is 1.12. The number of carbonyl (C=O) groups is 1. The minimum Gasteiger partial charge on any atom is -0.324 e. The van der Waals surface area contributed by atoms with Crippen LogP contribution in [-0.2, 0) is 11.2 Å². The van der Waals surface area contributed by atoms with Crippen molar-refractivity contribution in [3.63, 3.8) is 0 Å². The lowest BCUT2D eigenvalue weighted by Gasteiger charge is -2.08. The first-order valence-corrected chi connectivity index (χ1v) is 4.55. The molecule has 0 atom stereocenters. The minimum absolute atomic E-state index is 0.0390. The zero-order chi connectivity index (χ0) is 11.4. The number of amides is 1. The van der Waals surface area contributed by atoms with Gasteiger partial charge in [-0.25, -0.2) is 4.39 Å². The van der Waals surface area contributed by atoms with Crippen molar-refractivity contribution in [3.05, 3.63) is 28.5 Å². The van der Waals surface area contributed by atoms with E-state index in [0.29, 0.717) is 0 Å². The maximum Gasteiger partial charge on any atom is 0.221 e. The van der Waals surface area contributed by atoms with E-state index in [9.17, 15) is 9.18 Å². The highest BCUT2D eigenvalue weighted by Crippen LogP contribution is 2.25. The molecular formula is C10H8ClFN2O. The Labute approximate surface area is 91.5 Å². The van der Waals surface area contributed by atoms with Crippen molar-refractivity contribution >= 4 is 23.2 Å². The largest absolute Gasteiger partial charge is 0.324 e. The Balaban J connectivity index is 3.17. The summed E-state index contributed by atoms with van der Waals surface area (Å²) >= 11 is 5.71. The van der Waals surface area contributed by atoms with Crippen LogP contribution in [0.1, 0.15) is 12.5 Å². The van der Waals surface area contributed by atoms with Crippen LogP contribution in [0.15, 0.2) is 12.1 Å². The highest BCUT2D eigenvalue weighted by Gasteiger charge is 2.12. The fraction of sp³-hybridized carbons (Fsp3) is 0.200. The fourth-order valence-corrected chi connectivity index (χ4v) is 1.34. The van der Waals surface area contributed by atoms with E-state index in [2.05, 4.69) is 5.32 Å². The maximum absolute atomic E-state index is 13.6. The highest BCUT2D eigenvalue weighted by molar-refractivity contribution is 6.31. The summed E-state index contributed by atoms with van der Waals surface area (Å²) in [6.07, 6.45) is -0.127. The normalized spacial score (nSPS) is 9.47. The van der Waals surface area contributed by atoms with Crippen LogP contribution in [-0.4, -0.2) is 5.91 Å². The lowest BCUT2D eigenvalue weighted by atomic mass is 10.1. The SMILES string of the molecule is CC(=O)Nc1ccc(Cl)c(CC#N)c1F.